The minimum absolute atomic E-state index is 0.126. The topological polar surface area (TPSA) is 36.0 Å². The molecule has 0 bridgehead atoms. The Balaban J connectivity index is 1.23. The average molecular weight is 343 g/mol. The molecule has 3 aliphatic rings. The molecule has 3 fully saturated rings. The maximum absolute atomic E-state index is 12.5. The summed E-state index contributed by atoms with van der Waals surface area (Å²) < 4.78 is 6.24. The second-order valence-electron chi connectivity index (χ2n) is 7.86. The van der Waals surface area contributed by atoms with Crippen molar-refractivity contribution < 1.29 is 9.53 Å². The Morgan fingerprint density at radius 2 is 1.88 bits per heavy atom. The SMILES string of the molecule is CN1CCN(C(=O)C[C@@H]2C[C@@H]3CN(Cc4ccccc4)C[C@@H]3O2)CC1. The lowest BCUT2D eigenvalue weighted by Crippen LogP contribution is -2.47. The molecule has 3 aliphatic heterocycles. The van der Waals surface area contributed by atoms with E-state index in [0.29, 0.717) is 18.4 Å². The first-order valence-electron chi connectivity index (χ1n) is 9.55. The molecule has 0 saturated carbocycles. The monoisotopic (exact) mass is 343 g/mol. The van der Waals surface area contributed by atoms with Crippen molar-refractivity contribution in [3.05, 3.63) is 35.9 Å². The van der Waals surface area contributed by atoms with Crippen molar-refractivity contribution in [3.8, 4) is 0 Å². The van der Waals surface area contributed by atoms with Gasteiger partial charge in [0.25, 0.3) is 0 Å². The Labute approximate surface area is 150 Å². The minimum Gasteiger partial charge on any atom is -0.373 e. The number of nitrogens with zero attached hydrogens (tertiary/aromatic N) is 3. The second-order valence-corrected chi connectivity index (χ2v) is 7.86. The number of carbonyl (C=O) groups is 1. The van der Waals surface area contributed by atoms with Gasteiger partial charge in [-0.3, -0.25) is 9.69 Å². The lowest BCUT2D eigenvalue weighted by atomic mass is 10.0. The lowest BCUT2D eigenvalue weighted by Gasteiger charge is -2.33. The van der Waals surface area contributed by atoms with Crippen molar-refractivity contribution in [2.75, 3.05) is 46.3 Å². The van der Waals surface area contributed by atoms with Crippen LogP contribution in [-0.4, -0.2) is 79.1 Å². The van der Waals surface area contributed by atoms with Crippen molar-refractivity contribution in [1.29, 1.82) is 0 Å². The highest BCUT2D eigenvalue weighted by Gasteiger charge is 2.42. The number of rotatable bonds is 4. The molecule has 5 heteroatoms. The van der Waals surface area contributed by atoms with Crippen LogP contribution in [0.2, 0.25) is 0 Å². The van der Waals surface area contributed by atoms with E-state index in [0.717, 1.165) is 52.2 Å². The molecule has 1 amide bonds. The van der Waals surface area contributed by atoms with Gasteiger partial charge in [0.2, 0.25) is 5.91 Å². The van der Waals surface area contributed by atoms with Crippen molar-refractivity contribution in [2.24, 2.45) is 5.92 Å². The van der Waals surface area contributed by atoms with Crippen LogP contribution in [0.4, 0.5) is 0 Å². The average Bonchev–Trinajstić information content (AvgIpc) is 3.14. The fourth-order valence-corrected chi connectivity index (χ4v) is 4.43. The molecule has 0 aliphatic carbocycles. The minimum atomic E-state index is 0.126. The highest BCUT2D eigenvalue weighted by molar-refractivity contribution is 5.76. The van der Waals surface area contributed by atoms with E-state index in [1.54, 1.807) is 0 Å². The summed E-state index contributed by atoms with van der Waals surface area (Å²) in [4.78, 5) is 19.3. The van der Waals surface area contributed by atoms with Crippen LogP contribution in [0.5, 0.6) is 0 Å². The number of ether oxygens (including phenoxy) is 1. The fourth-order valence-electron chi connectivity index (χ4n) is 4.43. The third-order valence-corrected chi connectivity index (χ3v) is 5.90. The van der Waals surface area contributed by atoms with Gasteiger partial charge in [0.15, 0.2) is 0 Å². The quantitative estimate of drug-likeness (QED) is 0.829. The number of likely N-dealkylation sites (tertiary alicyclic amines) is 1. The summed E-state index contributed by atoms with van der Waals surface area (Å²) in [6, 6.07) is 10.6. The largest absolute Gasteiger partial charge is 0.373 e. The Hall–Kier alpha value is -1.43. The van der Waals surface area contributed by atoms with E-state index >= 15 is 0 Å². The first-order chi connectivity index (χ1) is 12.2. The molecular weight excluding hydrogens is 314 g/mol. The number of piperazine rings is 1. The predicted molar refractivity (Wildman–Crippen MR) is 97.2 cm³/mol. The van der Waals surface area contributed by atoms with Crippen LogP contribution in [0.25, 0.3) is 0 Å². The van der Waals surface area contributed by atoms with Crippen LogP contribution >= 0.6 is 0 Å². The van der Waals surface area contributed by atoms with Gasteiger partial charge in [-0.1, -0.05) is 30.3 Å². The number of carbonyl (C=O) groups excluding carboxylic acids is 1. The molecule has 3 saturated heterocycles. The smallest absolute Gasteiger partial charge is 0.225 e. The normalized spacial score (nSPS) is 30.6. The maximum Gasteiger partial charge on any atom is 0.225 e. The molecule has 0 spiro atoms. The van der Waals surface area contributed by atoms with Gasteiger partial charge in [0.1, 0.15) is 0 Å². The van der Waals surface area contributed by atoms with Crippen molar-refractivity contribution in [1.82, 2.24) is 14.7 Å². The third-order valence-electron chi connectivity index (χ3n) is 5.90. The van der Waals surface area contributed by atoms with Crippen LogP contribution in [0, 0.1) is 5.92 Å². The van der Waals surface area contributed by atoms with Crippen LogP contribution in [0.1, 0.15) is 18.4 Å². The van der Waals surface area contributed by atoms with Crippen LogP contribution in [-0.2, 0) is 16.1 Å². The summed E-state index contributed by atoms with van der Waals surface area (Å²) in [6.45, 7) is 6.78. The van der Waals surface area contributed by atoms with E-state index in [2.05, 4.69) is 47.2 Å². The van der Waals surface area contributed by atoms with E-state index in [4.69, 9.17) is 4.74 Å². The van der Waals surface area contributed by atoms with E-state index in [-0.39, 0.29) is 12.0 Å². The molecule has 4 rings (SSSR count). The molecule has 1 aromatic rings. The van der Waals surface area contributed by atoms with Gasteiger partial charge in [-0.15, -0.1) is 0 Å². The zero-order valence-corrected chi connectivity index (χ0v) is 15.1. The van der Waals surface area contributed by atoms with Gasteiger partial charge in [0, 0.05) is 51.7 Å². The molecule has 3 heterocycles. The molecule has 0 N–H and O–H groups in total. The Bertz CT molecular complexity index is 572. The molecule has 0 aromatic heterocycles. The van der Waals surface area contributed by atoms with E-state index < -0.39 is 0 Å². The molecule has 25 heavy (non-hydrogen) atoms. The summed E-state index contributed by atoms with van der Waals surface area (Å²) in [5.74, 6) is 0.869. The summed E-state index contributed by atoms with van der Waals surface area (Å²) in [6.07, 6.45) is 2.04. The Morgan fingerprint density at radius 1 is 1.12 bits per heavy atom. The molecular formula is C20H29N3O2. The Kier molecular flexibility index (Phi) is 5.06. The molecule has 5 nitrogen and oxygen atoms in total. The van der Waals surface area contributed by atoms with Gasteiger partial charge >= 0.3 is 0 Å². The lowest BCUT2D eigenvalue weighted by molar-refractivity contribution is -0.135. The van der Waals surface area contributed by atoms with Gasteiger partial charge in [0.05, 0.1) is 18.6 Å². The van der Waals surface area contributed by atoms with Crippen LogP contribution in [0.15, 0.2) is 30.3 Å². The van der Waals surface area contributed by atoms with Crippen molar-refractivity contribution in [3.63, 3.8) is 0 Å². The van der Waals surface area contributed by atoms with E-state index in [1.807, 2.05) is 4.90 Å². The number of hydrogen-bond acceptors (Lipinski definition) is 4. The number of hydrogen-bond donors (Lipinski definition) is 0. The summed E-state index contributed by atoms with van der Waals surface area (Å²) in [7, 11) is 2.12. The van der Waals surface area contributed by atoms with Crippen molar-refractivity contribution >= 4 is 5.91 Å². The van der Waals surface area contributed by atoms with Gasteiger partial charge in [-0.05, 0) is 19.0 Å². The molecule has 0 unspecified atom stereocenters. The van der Waals surface area contributed by atoms with Crippen molar-refractivity contribution in [2.45, 2.75) is 31.6 Å². The molecule has 0 radical (unpaired) electrons. The molecule has 136 valence electrons. The van der Waals surface area contributed by atoms with E-state index in [1.165, 1.54) is 5.56 Å². The highest BCUT2D eigenvalue weighted by Crippen LogP contribution is 2.35. The first kappa shape index (κ1) is 17.0. The second kappa shape index (κ2) is 7.44. The molecule has 3 atom stereocenters. The highest BCUT2D eigenvalue weighted by atomic mass is 16.5. The van der Waals surface area contributed by atoms with Gasteiger partial charge in [-0.25, -0.2) is 0 Å². The third kappa shape index (κ3) is 4.05. The summed E-state index contributed by atoms with van der Waals surface area (Å²) in [5.41, 5.74) is 1.37. The van der Waals surface area contributed by atoms with E-state index in [9.17, 15) is 4.79 Å². The summed E-state index contributed by atoms with van der Waals surface area (Å²) >= 11 is 0. The van der Waals surface area contributed by atoms with Gasteiger partial charge in [-0.2, -0.15) is 0 Å². The zero-order chi connectivity index (χ0) is 17.2. The first-order valence-corrected chi connectivity index (χ1v) is 9.55. The molecule has 1 aromatic carbocycles. The summed E-state index contributed by atoms with van der Waals surface area (Å²) in [5, 5.41) is 0. The number of amides is 1. The fraction of sp³-hybridized carbons (Fsp3) is 0.650. The standard InChI is InChI=1S/C20H29N3O2/c1-21-7-9-23(10-8-21)20(24)12-18-11-17-14-22(15-19(17)25-18)13-16-5-3-2-4-6-16/h2-6,17-19H,7-15H2,1H3/t17-,18+,19+/m1/s1. The number of likely N-dealkylation sites (N-methyl/N-ethyl adjacent to an activating group) is 1. The predicted octanol–water partition coefficient (Wildman–Crippen LogP) is 1.44. The van der Waals surface area contributed by atoms with Crippen LogP contribution < -0.4 is 0 Å². The zero-order valence-electron chi connectivity index (χ0n) is 15.1. The maximum atomic E-state index is 12.5. The number of benzene rings is 1. The number of fused-ring (bicyclic) bond motifs is 1. The Morgan fingerprint density at radius 3 is 2.60 bits per heavy atom. The van der Waals surface area contributed by atoms with Crippen LogP contribution in [0.3, 0.4) is 0 Å². The van der Waals surface area contributed by atoms with Gasteiger partial charge < -0.3 is 14.5 Å².